The highest BCUT2D eigenvalue weighted by molar-refractivity contribution is 6.06. The largest absolute Gasteiger partial charge is 0.456 e. The Balaban J connectivity index is 1.01. The molecule has 272 valence electrons. The first-order valence-corrected chi connectivity index (χ1v) is 19.9. The van der Waals surface area contributed by atoms with Crippen LogP contribution in [0, 0.1) is 29.1 Å². The summed E-state index contributed by atoms with van der Waals surface area (Å²) in [5.41, 5.74) is 11.1. The lowest BCUT2D eigenvalue weighted by molar-refractivity contribution is 0.0780. The molecule has 2 saturated carbocycles. The Morgan fingerprint density at radius 1 is 0.536 bits per heavy atom. The summed E-state index contributed by atoms with van der Waals surface area (Å²) in [6.07, 6.45) is 6.68. The Labute approximate surface area is 327 Å². The van der Waals surface area contributed by atoms with Gasteiger partial charge in [0.15, 0.2) is 17.5 Å². The van der Waals surface area contributed by atoms with Gasteiger partial charge in [0.05, 0.1) is 11.6 Å². The van der Waals surface area contributed by atoms with Crippen molar-refractivity contribution in [2.75, 3.05) is 0 Å². The van der Waals surface area contributed by atoms with Gasteiger partial charge in [-0.15, -0.1) is 0 Å². The summed E-state index contributed by atoms with van der Waals surface area (Å²) in [5, 5.41) is 11.4. The minimum Gasteiger partial charge on any atom is -0.456 e. The number of hydrogen-bond acceptors (Lipinski definition) is 5. The molecule has 10 rings (SSSR count). The molecule has 2 heterocycles. The first kappa shape index (κ1) is 34.1. The second-order valence-corrected chi connectivity index (χ2v) is 16.4. The maximum Gasteiger partial charge on any atom is 0.164 e. The quantitative estimate of drug-likeness (QED) is 0.170. The van der Waals surface area contributed by atoms with Crippen molar-refractivity contribution in [3.63, 3.8) is 0 Å². The van der Waals surface area contributed by atoms with Crippen LogP contribution in [0.3, 0.4) is 0 Å². The molecule has 0 aliphatic heterocycles. The maximum absolute atomic E-state index is 9.35. The van der Waals surface area contributed by atoms with Crippen LogP contribution in [-0.2, 0) is 5.41 Å². The number of nitriles is 1. The molecule has 2 fully saturated rings. The van der Waals surface area contributed by atoms with E-state index in [4.69, 9.17) is 19.4 Å². The second-order valence-electron chi connectivity index (χ2n) is 16.4. The second kappa shape index (κ2) is 13.7. The van der Waals surface area contributed by atoms with E-state index in [9.17, 15) is 5.26 Å². The summed E-state index contributed by atoms with van der Waals surface area (Å²) >= 11 is 0. The standard InChI is InChI=1S/C51H42N4O/c1-32-24-35-25-33(2)29-51(28-32,30-35)41-20-17-37(18-21-41)42-10-6-7-11-45(42)50-54-48(38-8-4-3-5-9-38)53-49(55-50)39-15-13-36(14-16-39)40-19-23-44-43-22-12-34(31-52)26-46(43)56-47(44)27-40/h3-23,26-27,32-33,35H,24-25,28-30H2,1-2H3/t32-,33+,35-,51?. The summed E-state index contributed by atoms with van der Waals surface area (Å²) < 4.78 is 6.18. The van der Waals surface area contributed by atoms with Crippen molar-refractivity contribution in [3.8, 4) is 62.5 Å². The van der Waals surface area contributed by atoms with Crippen LogP contribution in [-0.4, -0.2) is 15.0 Å². The number of furan rings is 1. The third kappa shape index (κ3) is 6.16. The summed E-state index contributed by atoms with van der Waals surface area (Å²) in [4.78, 5) is 15.3. The van der Waals surface area contributed by atoms with E-state index >= 15 is 0 Å². The lowest BCUT2D eigenvalue weighted by Crippen LogP contribution is -2.42. The molecule has 2 bridgehead atoms. The van der Waals surface area contributed by atoms with E-state index in [1.54, 1.807) is 6.07 Å². The molecule has 0 radical (unpaired) electrons. The molecule has 0 saturated heterocycles. The van der Waals surface area contributed by atoms with Gasteiger partial charge in [0.2, 0.25) is 0 Å². The van der Waals surface area contributed by atoms with E-state index < -0.39 is 0 Å². The zero-order valence-corrected chi connectivity index (χ0v) is 31.7. The van der Waals surface area contributed by atoms with E-state index in [0.717, 1.165) is 73.1 Å². The Morgan fingerprint density at radius 3 is 1.79 bits per heavy atom. The lowest BCUT2D eigenvalue weighted by Gasteiger charge is -2.50. The van der Waals surface area contributed by atoms with Gasteiger partial charge in [0, 0.05) is 27.5 Å². The van der Waals surface area contributed by atoms with E-state index in [1.807, 2.05) is 42.5 Å². The van der Waals surface area contributed by atoms with Crippen LogP contribution < -0.4 is 0 Å². The van der Waals surface area contributed by atoms with E-state index in [2.05, 4.69) is 111 Å². The van der Waals surface area contributed by atoms with Crippen molar-refractivity contribution in [1.29, 1.82) is 5.26 Å². The molecule has 5 nitrogen and oxygen atoms in total. The minimum absolute atomic E-state index is 0.296. The van der Waals surface area contributed by atoms with Gasteiger partial charge in [-0.3, -0.25) is 0 Å². The predicted octanol–water partition coefficient (Wildman–Crippen LogP) is 13.1. The highest BCUT2D eigenvalue weighted by Gasteiger charge is 2.45. The van der Waals surface area contributed by atoms with E-state index in [1.165, 1.54) is 43.2 Å². The van der Waals surface area contributed by atoms with Crippen molar-refractivity contribution in [2.24, 2.45) is 17.8 Å². The van der Waals surface area contributed by atoms with Gasteiger partial charge in [-0.2, -0.15) is 5.26 Å². The molecule has 5 heteroatoms. The highest BCUT2D eigenvalue weighted by Crippen LogP contribution is 2.54. The van der Waals surface area contributed by atoms with Gasteiger partial charge in [-0.25, -0.2) is 15.0 Å². The maximum atomic E-state index is 9.35. The average molecular weight is 727 g/mol. The van der Waals surface area contributed by atoms with Crippen molar-refractivity contribution in [2.45, 2.75) is 51.4 Å². The lowest BCUT2D eigenvalue weighted by atomic mass is 9.54. The molecule has 8 aromatic rings. The first-order chi connectivity index (χ1) is 27.4. The molecule has 56 heavy (non-hydrogen) atoms. The molecule has 4 atom stereocenters. The van der Waals surface area contributed by atoms with Gasteiger partial charge in [-0.05, 0) is 113 Å². The molecule has 2 aliphatic rings. The van der Waals surface area contributed by atoms with Crippen molar-refractivity contribution in [1.82, 2.24) is 15.0 Å². The number of aromatic nitrogens is 3. The van der Waals surface area contributed by atoms with Crippen LogP contribution in [0.25, 0.3) is 78.4 Å². The van der Waals surface area contributed by atoms with Crippen molar-refractivity contribution < 1.29 is 4.42 Å². The zero-order chi connectivity index (χ0) is 37.8. The van der Waals surface area contributed by atoms with Gasteiger partial charge in [-0.1, -0.05) is 123 Å². The Bertz CT molecular complexity index is 2760. The molecular weight excluding hydrogens is 685 g/mol. The number of nitrogens with zero attached hydrogens (tertiary/aromatic N) is 4. The third-order valence-corrected chi connectivity index (χ3v) is 12.4. The summed E-state index contributed by atoms with van der Waals surface area (Å²) in [7, 11) is 0. The first-order valence-electron chi connectivity index (χ1n) is 19.9. The summed E-state index contributed by atoms with van der Waals surface area (Å²) in [6, 6.07) is 50.5. The fourth-order valence-corrected chi connectivity index (χ4v) is 10.2. The number of benzene rings is 6. The topological polar surface area (TPSA) is 75.6 Å². The molecule has 1 unspecified atom stereocenters. The van der Waals surface area contributed by atoms with Crippen LogP contribution in [0.2, 0.25) is 0 Å². The van der Waals surface area contributed by atoms with Gasteiger partial charge in [0.25, 0.3) is 0 Å². The van der Waals surface area contributed by atoms with Gasteiger partial charge >= 0.3 is 0 Å². The molecular formula is C51H42N4O. The molecule has 0 amide bonds. The van der Waals surface area contributed by atoms with Crippen molar-refractivity contribution in [3.05, 3.63) is 151 Å². The molecule has 2 aliphatic carbocycles. The number of hydrogen-bond donors (Lipinski definition) is 0. The van der Waals surface area contributed by atoms with Crippen LogP contribution in [0.5, 0.6) is 0 Å². The zero-order valence-electron chi connectivity index (χ0n) is 31.7. The SMILES string of the molecule is C[C@@H]1C[C@@H]2C[C@H](C)CC(c3ccc(-c4ccccc4-c4nc(-c5ccccc5)nc(-c5ccc(-c6ccc7c(c6)oc6cc(C#N)ccc67)cc5)n4)cc3)(C1)C2. The van der Waals surface area contributed by atoms with Crippen molar-refractivity contribution >= 4 is 21.9 Å². The fraction of sp³-hybridized carbons (Fsp3) is 0.216. The summed E-state index contributed by atoms with van der Waals surface area (Å²) in [6.45, 7) is 4.92. The minimum atomic E-state index is 0.296. The smallest absolute Gasteiger partial charge is 0.164 e. The number of rotatable bonds is 6. The molecule has 0 N–H and O–H groups in total. The van der Waals surface area contributed by atoms with E-state index in [-0.39, 0.29) is 0 Å². The Kier molecular flexibility index (Phi) is 8.37. The average Bonchev–Trinajstić information content (AvgIpc) is 3.60. The van der Waals surface area contributed by atoms with E-state index in [0.29, 0.717) is 28.5 Å². The van der Waals surface area contributed by atoms with Crippen LogP contribution in [0.1, 0.15) is 57.1 Å². The monoisotopic (exact) mass is 726 g/mol. The van der Waals surface area contributed by atoms with Crippen LogP contribution >= 0.6 is 0 Å². The summed E-state index contributed by atoms with van der Waals surface area (Å²) in [5.74, 6) is 4.32. The molecule has 6 aromatic carbocycles. The van der Waals surface area contributed by atoms with Gasteiger partial charge < -0.3 is 4.42 Å². The molecule has 2 aromatic heterocycles. The Morgan fingerprint density at radius 2 is 1.09 bits per heavy atom. The normalized spacial score (nSPS) is 20.6. The number of fused-ring (bicyclic) bond motifs is 5. The molecule has 0 spiro atoms. The Hall–Kier alpha value is -6.38. The fourth-order valence-electron chi connectivity index (χ4n) is 10.2. The highest BCUT2D eigenvalue weighted by atomic mass is 16.3. The third-order valence-electron chi connectivity index (χ3n) is 12.4. The van der Waals surface area contributed by atoms with Crippen LogP contribution in [0.4, 0.5) is 0 Å². The predicted molar refractivity (Wildman–Crippen MR) is 226 cm³/mol. The van der Waals surface area contributed by atoms with Crippen LogP contribution in [0.15, 0.2) is 144 Å². The van der Waals surface area contributed by atoms with Gasteiger partial charge in [0.1, 0.15) is 11.2 Å².